The van der Waals surface area contributed by atoms with Crippen molar-refractivity contribution in [2.75, 3.05) is 31.5 Å². The molecule has 6 heteroatoms. The van der Waals surface area contributed by atoms with Crippen molar-refractivity contribution in [3.63, 3.8) is 0 Å². The molecule has 2 aromatic carbocycles. The van der Waals surface area contributed by atoms with Gasteiger partial charge in [0, 0.05) is 30.1 Å². The minimum atomic E-state index is -0.172. The zero-order valence-corrected chi connectivity index (χ0v) is 17.1. The third-order valence-corrected chi connectivity index (χ3v) is 5.04. The highest BCUT2D eigenvalue weighted by Gasteiger charge is 2.12. The van der Waals surface area contributed by atoms with Crippen LogP contribution in [0.4, 0.5) is 17.2 Å². The van der Waals surface area contributed by atoms with Crippen molar-refractivity contribution in [1.82, 2.24) is 4.40 Å². The highest BCUT2D eigenvalue weighted by molar-refractivity contribution is 6.04. The largest absolute Gasteiger partial charge is 0.497 e. The molecule has 0 spiro atoms. The normalized spacial score (nSPS) is 10.6. The van der Waals surface area contributed by atoms with E-state index in [0.29, 0.717) is 11.3 Å². The van der Waals surface area contributed by atoms with Crippen LogP contribution in [0.3, 0.4) is 0 Å². The van der Waals surface area contributed by atoms with Gasteiger partial charge in [-0.1, -0.05) is 0 Å². The van der Waals surface area contributed by atoms with Crippen LogP contribution < -0.4 is 19.7 Å². The van der Waals surface area contributed by atoms with Gasteiger partial charge >= 0.3 is 0 Å². The predicted octanol–water partition coefficient (Wildman–Crippen LogP) is 4.98. The Labute approximate surface area is 175 Å². The highest BCUT2D eigenvalue weighted by Crippen LogP contribution is 2.28. The zero-order chi connectivity index (χ0) is 21.1. The van der Waals surface area contributed by atoms with E-state index < -0.39 is 0 Å². The van der Waals surface area contributed by atoms with Crippen LogP contribution in [0.25, 0.3) is 5.52 Å². The van der Waals surface area contributed by atoms with Crippen molar-refractivity contribution < 1.29 is 14.3 Å². The number of benzene rings is 2. The molecule has 2 heterocycles. The Morgan fingerprint density at radius 3 is 2.07 bits per heavy atom. The predicted molar refractivity (Wildman–Crippen MR) is 119 cm³/mol. The van der Waals surface area contributed by atoms with Crippen LogP contribution in [0.1, 0.15) is 10.4 Å². The van der Waals surface area contributed by atoms with Gasteiger partial charge in [-0.3, -0.25) is 4.79 Å². The van der Waals surface area contributed by atoms with Gasteiger partial charge in [-0.2, -0.15) is 0 Å². The monoisotopic (exact) mass is 401 g/mol. The summed E-state index contributed by atoms with van der Waals surface area (Å²) in [7, 11) is 5.26. The molecule has 2 aromatic heterocycles. The standard InChI is InChI=1S/C24H23N3O3/c1-26(19-8-13-22(30-3)14-9-19)23-15-10-20-7-4-17(16-27(20)23)24(28)25-18-5-11-21(29-2)12-6-18/h4-16H,1-3H3,(H,25,28). The van der Waals surface area contributed by atoms with Crippen LogP contribution in [-0.2, 0) is 0 Å². The second-order valence-corrected chi connectivity index (χ2v) is 6.84. The summed E-state index contributed by atoms with van der Waals surface area (Å²) in [6, 6.07) is 22.9. The van der Waals surface area contributed by atoms with Crippen LogP contribution in [-0.4, -0.2) is 31.6 Å². The lowest BCUT2D eigenvalue weighted by Crippen LogP contribution is -2.14. The quantitative estimate of drug-likeness (QED) is 0.495. The van der Waals surface area contributed by atoms with E-state index in [9.17, 15) is 4.79 Å². The molecule has 0 aliphatic heterocycles. The lowest BCUT2D eigenvalue weighted by atomic mass is 10.2. The summed E-state index contributed by atoms with van der Waals surface area (Å²) >= 11 is 0. The van der Waals surface area contributed by atoms with E-state index >= 15 is 0 Å². The highest BCUT2D eigenvalue weighted by atomic mass is 16.5. The number of pyridine rings is 1. The minimum absolute atomic E-state index is 0.172. The fourth-order valence-electron chi connectivity index (χ4n) is 3.31. The molecule has 1 N–H and O–H groups in total. The first-order valence-electron chi connectivity index (χ1n) is 9.53. The number of fused-ring (bicyclic) bond motifs is 1. The van der Waals surface area contributed by atoms with E-state index in [1.54, 1.807) is 14.2 Å². The van der Waals surface area contributed by atoms with Gasteiger partial charge in [0.1, 0.15) is 17.3 Å². The Kier molecular flexibility index (Phi) is 5.30. The number of aromatic nitrogens is 1. The molecule has 152 valence electrons. The first-order valence-corrected chi connectivity index (χ1v) is 9.53. The average Bonchev–Trinajstić information content (AvgIpc) is 3.22. The Balaban J connectivity index is 1.60. The number of methoxy groups -OCH3 is 2. The van der Waals surface area contributed by atoms with E-state index in [0.717, 1.165) is 28.5 Å². The lowest BCUT2D eigenvalue weighted by Gasteiger charge is -2.20. The number of carbonyl (C=O) groups is 1. The first kappa shape index (κ1) is 19.4. The molecular formula is C24H23N3O3. The van der Waals surface area contributed by atoms with Gasteiger partial charge in [-0.05, 0) is 72.8 Å². The van der Waals surface area contributed by atoms with E-state index in [4.69, 9.17) is 9.47 Å². The number of ether oxygens (including phenoxy) is 2. The van der Waals surface area contributed by atoms with Gasteiger partial charge < -0.3 is 24.1 Å². The number of amides is 1. The Hall–Kier alpha value is -3.93. The van der Waals surface area contributed by atoms with Crippen molar-refractivity contribution in [3.8, 4) is 11.5 Å². The Bertz CT molecular complexity index is 1160. The van der Waals surface area contributed by atoms with Crippen molar-refractivity contribution in [3.05, 3.63) is 84.6 Å². The Morgan fingerprint density at radius 1 is 0.833 bits per heavy atom. The van der Waals surface area contributed by atoms with Crippen LogP contribution in [0.2, 0.25) is 0 Å². The number of hydrogen-bond acceptors (Lipinski definition) is 4. The zero-order valence-electron chi connectivity index (χ0n) is 17.1. The van der Waals surface area contributed by atoms with Gasteiger partial charge in [-0.15, -0.1) is 0 Å². The maximum Gasteiger partial charge on any atom is 0.257 e. The van der Waals surface area contributed by atoms with Gasteiger partial charge in [0.15, 0.2) is 0 Å². The fraction of sp³-hybridized carbons (Fsp3) is 0.125. The molecule has 1 amide bonds. The summed E-state index contributed by atoms with van der Waals surface area (Å²) in [6.07, 6.45) is 1.85. The average molecular weight is 401 g/mol. The molecule has 0 atom stereocenters. The molecule has 0 radical (unpaired) electrons. The first-order chi connectivity index (χ1) is 14.6. The molecule has 0 bridgehead atoms. The van der Waals surface area contributed by atoms with Gasteiger partial charge in [0.2, 0.25) is 0 Å². The molecule has 6 nitrogen and oxygen atoms in total. The number of rotatable bonds is 6. The van der Waals surface area contributed by atoms with Crippen molar-refractivity contribution in [1.29, 1.82) is 0 Å². The SMILES string of the molecule is COc1ccc(NC(=O)c2ccc3ccc(N(C)c4ccc(OC)cc4)n3c2)cc1. The summed E-state index contributed by atoms with van der Waals surface area (Å²) in [5.74, 6) is 2.33. The molecule has 0 aliphatic rings. The molecule has 4 rings (SSSR count). The summed E-state index contributed by atoms with van der Waals surface area (Å²) < 4.78 is 12.4. The summed E-state index contributed by atoms with van der Waals surface area (Å²) in [4.78, 5) is 14.8. The molecule has 0 saturated carbocycles. The topological polar surface area (TPSA) is 55.2 Å². The van der Waals surface area contributed by atoms with Crippen molar-refractivity contribution in [2.45, 2.75) is 0 Å². The second-order valence-electron chi connectivity index (χ2n) is 6.84. The lowest BCUT2D eigenvalue weighted by molar-refractivity contribution is 0.102. The van der Waals surface area contributed by atoms with Gasteiger partial charge in [0.05, 0.1) is 19.8 Å². The fourth-order valence-corrected chi connectivity index (χ4v) is 3.31. The smallest absolute Gasteiger partial charge is 0.257 e. The molecule has 30 heavy (non-hydrogen) atoms. The number of anilines is 3. The third-order valence-electron chi connectivity index (χ3n) is 5.04. The maximum atomic E-state index is 12.8. The van der Waals surface area contributed by atoms with Crippen LogP contribution >= 0.6 is 0 Å². The van der Waals surface area contributed by atoms with Crippen molar-refractivity contribution >= 4 is 28.6 Å². The summed E-state index contributed by atoms with van der Waals surface area (Å²) in [5.41, 5.74) is 3.30. The second kappa shape index (κ2) is 8.21. The van der Waals surface area contributed by atoms with E-state index in [1.807, 2.05) is 90.4 Å². The van der Waals surface area contributed by atoms with E-state index in [-0.39, 0.29) is 5.91 Å². The summed E-state index contributed by atoms with van der Waals surface area (Å²) in [5, 5.41) is 2.92. The van der Waals surface area contributed by atoms with Crippen LogP contribution in [0.5, 0.6) is 11.5 Å². The third kappa shape index (κ3) is 3.80. The molecule has 4 aromatic rings. The number of nitrogens with one attached hydrogen (secondary N) is 1. The minimum Gasteiger partial charge on any atom is -0.497 e. The number of nitrogens with zero attached hydrogens (tertiary/aromatic N) is 2. The molecular weight excluding hydrogens is 378 g/mol. The van der Waals surface area contributed by atoms with Crippen molar-refractivity contribution in [2.24, 2.45) is 0 Å². The molecule has 0 fully saturated rings. The van der Waals surface area contributed by atoms with Crippen LogP contribution in [0.15, 0.2) is 79.0 Å². The molecule has 0 unspecified atom stereocenters. The Morgan fingerprint density at radius 2 is 1.43 bits per heavy atom. The number of hydrogen-bond donors (Lipinski definition) is 1. The van der Waals surface area contributed by atoms with E-state index in [1.165, 1.54) is 0 Å². The summed E-state index contributed by atoms with van der Waals surface area (Å²) in [6.45, 7) is 0. The van der Waals surface area contributed by atoms with E-state index in [2.05, 4.69) is 10.2 Å². The maximum absolute atomic E-state index is 12.8. The molecule has 0 saturated heterocycles. The van der Waals surface area contributed by atoms with Crippen LogP contribution in [0, 0.1) is 0 Å². The molecule has 0 aliphatic carbocycles. The van der Waals surface area contributed by atoms with Gasteiger partial charge in [0.25, 0.3) is 5.91 Å². The van der Waals surface area contributed by atoms with Gasteiger partial charge in [-0.25, -0.2) is 0 Å². The number of carbonyl (C=O) groups excluding carboxylic acids is 1.